The molecule has 1 N–H and O–H groups in total. The Morgan fingerprint density at radius 1 is 1.11 bits per heavy atom. The zero-order valence-electron chi connectivity index (χ0n) is 16.6. The van der Waals surface area contributed by atoms with Gasteiger partial charge in [0.05, 0.1) is 13.2 Å². The first-order valence-corrected chi connectivity index (χ1v) is 9.28. The molecule has 28 heavy (non-hydrogen) atoms. The third-order valence-corrected chi connectivity index (χ3v) is 4.56. The Morgan fingerprint density at radius 3 is 2.50 bits per heavy atom. The monoisotopic (exact) mass is 379 g/mol. The van der Waals surface area contributed by atoms with Gasteiger partial charge in [0.1, 0.15) is 12.3 Å². The molecule has 1 atom stereocenters. The highest BCUT2D eigenvalue weighted by Gasteiger charge is 2.15. The van der Waals surface area contributed by atoms with Crippen LogP contribution in [0.5, 0.6) is 5.75 Å². The third-order valence-electron chi connectivity index (χ3n) is 4.56. The second kappa shape index (κ2) is 8.65. The van der Waals surface area contributed by atoms with Crippen LogP contribution in [0.2, 0.25) is 0 Å². The van der Waals surface area contributed by atoms with Gasteiger partial charge >= 0.3 is 0 Å². The lowest BCUT2D eigenvalue weighted by Crippen LogP contribution is -2.31. The van der Waals surface area contributed by atoms with Crippen LogP contribution in [0.1, 0.15) is 43.9 Å². The fourth-order valence-corrected chi connectivity index (χ4v) is 2.96. The maximum absolute atomic E-state index is 12.4. The SMILES string of the molecule is COc1ccccc1C(C)NC(=O)Cn1nnc(-c2ccc(C(C)C)cc2)n1. The number of methoxy groups -OCH3 is 1. The van der Waals surface area contributed by atoms with Gasteiger partial charge in [-0.05, 0) is 29.7 Å². The summed E-state index contributed by atoms with van der Waals surface area (Å²) in [5, 5.41) is 15.3. The Morgan fingerprint density at radius 2 is 1.82 bits per heavy atom. The van der Waals surface area contributed by atoms with Gasteiger partial charge < -0.3 is 10.1 Å². The first kappa shape index (κ1) is 19.5. The summed E-state index contributed by atoms with van der Waals surface area (Å²) in [6.07, 6.45) is 0. The van der Waals surface area contributed by atoms with Gasteiger partial charge in [-0.3, -0.25) is 4.79 Å². The van der Waals surface area contributed by atoms with Crippen LogP contribution >= 0.6 is 0 Å². The molecule has 0 radical (unpaired) electrons. The van der Waals surface area contributed by atoms with E-state index in [2.05, 4.69) is 46.7 Å². The summed E-state index contributed by atoms with van der Waals surface area (Å²) in [5.74, 6) is 1.51. The molecule has 7 nitrogen and oxygen atoms in total. The predicted molar refractivity (Wildman–Crippen MR) is 107 cm³/mol. The summed E-state index contributed by atoms with van der Waals surface area (Å²) in [7, 11) is 1.61. The van der Waals surface area contributed by atoms with Crippen LogP contribution in [0.15, 0.2) is 48.5 Å². The van der Waals surface area contributed by atoms with Crippen molar-refractivity contribution >= 4 is 5.91 Å². The molecule has 2 aromatic carbocycles. The lowest BCUT2D eigenvalue weighted by atomic mass is 10.0. The van der Waals surface area contributed by atoms with E-state index in [0.29, 0.717) is 11.7 Å². The van der Waals surface area contributed by atoms with Crippen molar-refractivity contribution in [2.24, 2.45) is 0 Å². The van der Waals surface area contributed by atoms with Crippen molar-refractivity contribution in [3.8, 4) is 17.1 Å². The zero-order chi connectivity index (χ0) is 20.1. The normalized spacial score (nSPS) is 12.0. The number of aromatic nitrogens is 4. The molecular weight excluding hydrogens is 354 g/mol. The highest BCUT2D eigenvalue weighted by molar-refractivity contribution is 5.76. The lowest BCUT2D eigenvalue weighted by Gasteiger charge is -2.16. The maximum atomic E-state index is 12.4. The predicted octanol–water partition coefficient (Wildman–Crippen LogP) is 3.35. The quantitative estimate of drug-likeness (QED) is 0.681. The molecule has 1 heterocycles. The highest BCUT2D eigenvalue weighted by atomic mass is 16.5. The fourth-order valence-electron chi connectivity index (χ4n) is 2.96. The van der Waals surface area contributed by atoms with E-state index >= 15 is 0 Å². The van der Waals surface area contributed by atoms with Crippen LogP contribution in [0.4, 0.5) is 0 Å². The molecule has 0 aliphatic rings. The Kier molecular flexibility index (Phi) is 6.03. The van der Waals surface area contributed by atoms with E-state index in [1.165, 1.54) is 10.4 Å². The molecule has 7 heteroatoms. The topological polar surface area (TPSA) is 81.9 Å². The molecule has 1 aromatic heterocycles. The summed E-state index contributed by atoms with van der Waals surface area (Å²) in [6.45, 7) is 6.20. The highest BCUT2D eigenvalue weighted by Crippen LogP contribution is 2.24. The summed E-state index contributed by atoms with van der Waals surface area (Å²) < 4.78 is 5.35. The molecule has 146 valence electrons. The van der Waals surface area contributed by atoms with Gasteiger partial charge in [-0.15, -0.1) is 10.2 Å². The Labute approximate surface area is 164 Å². The Bertz CT molecular complexity index is 934. The van der Waals surface area contributed by atoms with Crippen LogP contribution in [0, 0.1) is 0 Å². The second-order valence-corrected chi connectivity index (χ2v) is 6.95. The van der Waals surface area contributed by atoms with E-state index in [4.69, 9.17) is 4.74 Å². The number of ether oxygens (including phenoxy) is 1. The number of amides is 1. The average Bonchev–Trinajstić information content (AvgIpc) is 3.16. The van der Waals surface area contributed by atoms with Gasteiger partial charge in [-0.2, -0.15) is 4.80 Å². The number of para-hydroxylation sites is 1. The largest absolute Gasteiger partial charge is 0.496 e. The minimum Gasteiger partial charge on any atom is -0.496 e. The number of carbonyl (C=O) groups is 1. The van der Waals surface area contributed by atoms with E-state index in [9.17, 15) is 4.79 Å². The van der Waals surface area contributed by atoms with Crippen LogP contribution in [-0.4, -0.2) is 33.2 Å². The first-order valence-electron chi connectivity index (χ1n) is 9.28. The molecule has 0 aliphatic heterocycles. The van der Waals surface area contributed by atoms with Gasteiger partial charge in [0.2, 0.25) is 11.7 Å². The summed E-state index contributed by atoms with van der Waals surface area (Å²) in [6, 6.07) is 15.5. The molecule has 0 saturated carbocycles. The van der Waals surface area contributed by atoms with Gasteiger partial charge in [0.25, 0.3) is 0 Å². The zero-order valence-corrected chi connectivity index (χ0v) is 16.6. The second-order valence-electron chi connectivity index (χ2n) is 6.95. The van der Waals surface area contributed by atoms with Gasteiger partial charge in [-0.1, -0.05) is 56.3 Å². The standard InChI is InChI=1S/C21H25N5O2/c1-14(2)16-9-11-17(12-10-16)21-23-25-26(24-21)13-20(27)22-15(3)18-7-5-6-8-19(18)28-4/h5-12,14-15H,13H2,1-4H3,(H,22,27). The van der Waals surface area contributed by atoms with E-state index in [1.54, 1.807) is 7.11 Å². The van der Waals surface area contributed by atoms with Crippen molar-refractivity contribution in [3.63, 3.8) is 0 Å². The number of tetrazole rings is 1. The van der Waals surface area contributed by atoms with E-state index in [1.807, 2.05) is 43.3 Å². The molecule has 0 saturated heterocycles. The molecule has 0 aliphatic carbocycles. The van der Waals surface area contributed by atoms with Crippen molar-refractivity contribution in [1.82, 2.24) is 25.5 Å². The molecule has 3 aromatic rings. The fraction of sp³-hybridized carbons (Fsp3) is 0.333. The molecule has 1 unspecified atom stereocenters. The summed E-state index contributed by atoms with van der Waals surface area (Å²) in [4.78, 5) is 13.7. The van der Waals surface area contributed by atoms with Crippen LogP contribution in [0.25, 0.3) is 11.4 Å². The summed E-state index contributed by atoms with van der Waals surface area (Å²) in [5.41, 5.74) is 3.04. The molecular formula is C21H25N5O2. The first-order chi connectivity index (χ1) is 13.5. The van der Waals surface area contributed by atoms with Gasteiger partial charge in [-0.25, -0.2) is 0 Å². The minimum atomic E-state index is -0.199. The summed E-state index contributed by atoms with van der Waals surface area (Å²) >= 11 is 0. The van der Waals surface area contributed by atoms with E-state index in [0.717, 1.165) is 16.9 Å². The number of hydrogen-bond donors (Lipinski definition) is 1. The molecule has 1 amide bonds. The Hall–Kier alpha value is -3.22. The van der Waals surface area contributed by atoms with Crippen LogP contribution < -0.4 is 10.1 Å². The number of nitrogens with one attached hydrogen (secondary N) is 1. The number of benzene rings is 2. The van der Waals surface area contributed by atoms with Crippen LogP contribution in [-0.2, 0) is 11.3 Å². The van der Waals surface area contributed by atoms with Crippen molar-refractivity contribution in [2.75, 3.05) is 7.11 Å². The molecule has 0 bridgehead atoms. The van der Waals surface area contributed by atoms with Gasteiger partial charge in [0, 0.05) is 11.1 Å². The number of hydrogen-bond acceptors (Lipinski definition) is 5. The van der Waals surface area contributed by atoms with Crippen molar-refractivity contribution in [3.05, 3.63) is 59.7 Å². The van der Waals surface area contributed by atoms with Crippen molar-refractivity contribution < 1.29 is 9.53 Å². The molecule has 0 spiro atoms. The average molecular weight is 379 g/mol. The number of carbonyl (C=O) groups excluding carboxylic acids is 1. The smallest absolute Gasteiger partial charge is 0.244 e. The Balaban J connectivity index is 1.63. The maximum Gasteiger partial charge on any atom is 0.244 e. The third kappa shape index (κ3) is 4.54. The van der Waals surface area contributed by atoms with Crippen LogP contribution in [0.3, 0.4) is 0 Å². The van der Waals surface area contributed by atoms with Crippen molar-refractivity contribution in [1.29, 1.82) is 0 Å². The van der Waals surface area contributed by atoms with E-state index in [-0.39, 0.29) is 18.5 Å². The molecule has 0 fully saturated rings. The molecule has 3 rings (SSSR count). The minimum absolute atomic E-state index is 0.00341. The number of nitrogens with zero attached hydrogens (tertiary/aromatic N) is 4. The van der Waals surface area contributed by atoms with Crippen molar-refractivity contribution in [2.45, 2.75) is 39.3 Å². The van der Waals surface area contributed by atoms with E-state index < -0.39 is 0 Å². The lowest BCUT2D eigenvalue weighted by molar-refractivity contribution is -0.122. The van der Waals surface area contributed by atoms with Gasteiger partial charge in [0.15, 0.2) is 0 Å². The number of rotatable bonds is 7.